The summed E-state index contributed by atoms with van der Waals surface area (Å²) in [7, 11) is 0. The van der Waals surface area contributed by atoms with Crippen molar-refractivity contribution in [2.75, 3.05) is 5.73 Å². The van der Waals surface area contributed by atoms with Gasteiger partial charge in [0.2, 0.25) is 0 Å². The second-order valence-electron chi connectivity index (χ2n) is 5.20. The Morgan fingerprint density at radius 2 is 1.63 bits per heavy atom. The van der Waals surface area contributed by atoms with Crippen molar-refractivity contribution in [2.45, 2.75) is 26.2 Å². The van der Waals surface area contributed by atoms with Crippen molar-refractivity contribution in [1.82, 2.24) is 15.0 Å². The van der Waals surface area contributed by atoms with Crippen molar-refractivity contribution in [3.63, 3.8) is 0 Å². The maximum Gasteiger partial charge on any atom is 0.170 e. The number of halogens is 3. The molecule has 102 valence electrons. The lowest BCUT2D eigenvalue weighted by atomic mass is 9.91. The van der Waals surface area contributed by atoms with Gasteiger partial charge in [-0.05, 0) is 0 Å². The van der Waals surface area contributed by atoms with Crippen LogP contribution in [0.25, 0.3) is 5.69 Å². The predicted octanol–water partition coefficient (Wildman–Crippen LogP) is 2.56. The molecule has 19 heavy (non-hydrogen) atoms. The average Bonchev–Trinajstić information content (AvgIpc) is 2.57. The summed E-state index contributed by atoms with van der Waals surface area (Å²) in [5.41, 5.74) is 5.02. The summed E-state index contributed by atoms with van der Waals surface area (Å²) in [4.78, 5) is 0. The molecule has 7 heteroatoms. The Hall–Kier alpha value is -2.05. The summed E-state index contributed by atoms with van der Waals surface area (Å²) >= 11 is 0. The molecule has 0 saturated heterocycles. The lowest BCUT2D eigenvalue weighted by molar-refractivity contribution is 0.500. The molecule has 1 aromatic carbocycles. The van der Waals surface area contributed by atoms with Crippen molar-refractivity contribution in [3.8, 4) is 5.69 Å². The third kappa shape index (κ3) is 2.27. The minimum Gasteiger partial charge on any atom is -0.381 e. The normalized spacial score (nSPS) is 11.9. The highest BCUT2D eigenvalue weighted by Gasteiger charge is 2.27. The lowest BCUT2D eigenvalue weighted by Gasteiger charge is -2.20. The van der Waals surface area contributed by atoms with E-state index in [1.807, 2.05) is 0 Å². The maximum absolute atomic E-state index is 13.8. The fourth-order valence-electron chi connectivity index (χ4n) is 1.89. The first kappa shape index (κ1) is 13.4. The van der Waals surface area contributed by atoms with E-state index in [1.165, 1.54) is 0 Å². The minimum atomic E-state index is -1.06. The van der Waals surface area contributed by atoms with Crippen LogP contribution >= 0.6 is 0 Å². The molecule has 1 aromatic heterocycles. The molecule has 0 unspecified atom stereocenters. The molecule has 2 aromatic rings. The number of nitrogen functional groups attached to an aromatic ring is 1. The van der Waals surface area contributed by atoms with E-state index in [2.05, 4.69) is 10.3 Å². The quantitative estimate of drug-likeness (QED) is 0.866. The summed E-state index contributed by atoms with van der Waals surface area (Å²) in [5.74, 6) is -3.04. The zero-order valence-electron chi connectivity index (χ0n) is 10.7. The van der Waals surface area contributed by atoms with Gasteiger partial charge in [-0.3, -0.25) is 0 Å². The highest BCUT2D eigenvalue weighted by Crippen LogP contribution is 2.30. The predicted molar refractivity (Wildman–Crippen MR) is 64.3 cm³/mol. The van der Waals surface area contributed by atoms with Gasteiger partial charge in [0.05, 0.1) is 5.69 Å². The van der Waals surface area contributed by atoms with Crippen LogP contribution in [0.15, 0.2) is 12.1 Å². The number of hydrogen-bond donors (Lipinski definition) is 1. The Morgan fingerprint density at radius 3 is 2.11 bits per heavy atom. The zero-order chi connectivity index (χ0) is 14.4. The SMILES string of the molecule is CC(C)(C)c1c(N)nnn1-c1c(F)cc(F)cc1F. The molecule has 2 rings (SSSR count). The highest BCUT2D eigenvalue weighted by molar-refractivity contribution is 5.45. The van der Waals surface area contributed by atoms with Gasteiger partial charge in [0.15, 0.2) is 17.5 Å². The molecule has 4 nitrogen and oxygen atoms in total. The molecule has 2 N–H and O–H groups in total. The second kappa shape index (κ2) is 4.25. The van der Waals surface area contributed by atoms with E-state index in [1.54, 1.807) is 20.8 Å². The number of nitrogens with zero attached hydrogens (tertiary/aromatic N) is 3. The van der Waals surface area contributed by atoms with Crippen molar-refractivity contribution >= 4 is 5.82 Å². The van der Waals surface area contributed by atoms with Gasteiger partial charge >= 0.3 is 0 Å². The number of aromatic nitrogens is 3. The Bertz CT molecular complexity index is 605. The van der Waals surface area contributed by atoms with Crippen molar-refractivity contribution in [3.05, 3.63) is 35.3 Å². The van der Waals surface area contributed by atoms with Gasteiger partial charge in [0.25, 0.3) is 0 Å². The van der Waals surface area contributed by atoms with E-state index >= 15 is 0 Å². The number of benzene rings is 1. The van der Waals surface area contributed by atoms with Crippen molar-refractivity contribution in [1.29, 1.82) is 0 Å². The summed E-state index contributed by atoms with van der Waals surface area (Å²) in [6, 6.07) is 1.17. The molecule has 0 aliphatic carbocycles. The first-order valence-electron chi connectivity index (χ1n) is 5.58. The second-order valence-corrected chi connectivity index (χ2v) is 5.20. The number of anilines is 1. The van der Waals surface area contributed by atoms with Crippen LogP contribution in [0.5, 0.6) is 0 Å². The first-order valence-corrected chi connectivity index (χ1v) is 5.58. The molecule has 0 saturated carbocycles. The van der Waals surface area contributed by atoms with Crippen LogP contribution in [0.3, 0.4) is 0 Å². The Kier molecular flexibility index (Phi) is 3.00. The van der Waals surface area contributed by atoms with Crippen LogP contribution in [-0.2, 0) is 5.41 Å². The van der Waals surface area contributed by atoms with Crippen LogP contribution in [0.4, 0.5) is 19.0 Å². The van der Waals surface area contributed by atoms with E-state index in [-0.39, 0.29) is 5.82 Å². The number of rotatable bonds is 1. The fraction of sp³-hybridized carbons (Fsp3) is 0.333. The number of hydrogen-bond acceptors (Lipinski definition) is 3. The maximum atomic E-state index is 13.8. The van der Waals surface area contributed by atoms with Crippen LogP contribution in [0, 0.1) is 17.5 Å². The summed E-state index contributed by atoms with van der Waals surface area (Å²) in [6.07, 6.45) is 0. The molecule has 0 aliphatic rings. The van der Waals surface area contributed by atoms with E-state index in [4.69, 9.17) is 5.73 Å². The van der Waals surface area contributed by atoms with E-state index in [9.17, 15) is 13.2 Å². The van der Waals surface area contributed by atoms with Crippen LogP contribution in [-0.4, -0.2) is 15.0 Å². The smallest absolute Gasteiger partial charge is 0.170 e. The van der Waals surface area contributed by atoms with Gasteiger partial charge in [-0.2, -0.15) is 0 Å². The summed E-state index contributed by atoms with van der Waals surface area (Å²) < 4.78 is 41.4. The van der Waals surface area contributed by atoms with Crippen molar-refractivity contribution in [2.24, 2.45) is 0 Å². The molecule has 0 fully saturated rings. The molecule has 1 heterocycles. The Morgan fingerprint density at radius 1 is 1.11 bits per heavy atom. The molecular formula is C12H13F3N4. The Labute approximate surface area is 108 Å². The molecule has 0 atom stereocenters. The summed E-state index contributed by atoms with van der Waals surface area (Å²) in [5, 5.41) is 7.27. The molecule has 0 aliphatic heterocycles. The lowest BCUT2D eigenvalue weighted by Crippen LogP contribution is -2.20. The molecule has 0 amide bonds. The van der Waals surface area contributed by atoms with Gasteiger partial charge in [0.1, 0.15) is 11.5 Å². The average molecular weight is 270 g/mol. The Balaban J connectivity index is 2.74. The third-order valence-corrected chi connectivity index (χ3v) is 2.60. The molecule has 0 radical (unpaired) electrons. The monoisotopic (exact) mass is 270 g/mol. The van der Waals surface area contributed by atoms with Gasteiger partial charge < -0.3 is 5.73 Å². The molecule has 0 spiro atoms. The summed E-state index contributed by atoms with van der Waals surface area (Å²) in [6.45, 7) is 5.41. The minimum absolute atomic E-state index is 0.0793. The van der Waals surface area contributed by atoms with Gasteiger partial charge in [-0.1, -0.05) is 26.0 Å². The zero-order valence-corrected chi connectivity index (χ0v) is 10.7. The van der Waals surface area contributed by atoms with E-state index in [0.29, 0.717) is 17.8 Å². The van der Waals surface area contributed by atoms with E-state index in [0.717, 1.165) is 4.68 Å². The fourth-order valence-corrected chi connectivity index (χ4v) is 1.89. The molecule has 0 bridgehead atoms. The van der Waals surface area contributed by atoms with Crippen molar-refractivity contribution < 1.29 is 13.2 Å². The molecular weight excluding hydrogens is 257 g/mol. The van der Waals surface area contributed by atoms with Crippen LogP contribution in [0.1, 0.15) is 26.5 Å². The van der Waals surface area contributed by atoms with Crippen LogP contribution in [0.2, 0.25) is 0 Å². The first-order chi connectivity index (χ1) is 8.71. The van der Waals surface area contributed by atoms with Gasteiger partial charge in [-0.15, -0.1) is 5.10 Å². The standard InChI is InChI=1S/C12H13F3N4/c1-12(2,3)10-11(16)17-18-19(10)9-7(14)4-6(13)5-8(9)15/h4-5H,16H2,1-3H3. The van der Waals surface area contributed by atoms with Gasteiger partial charge in [-0.25, -0.2) is 17.9 Å². The van der Waals surface area contributed by atoms with Gasteiger partial charge in [0, 0.05) is 17.5 Å². The third-order valence-electron chi connectivity index (χ3n) is 2.60. The van der Waals surface area contributed by atoms with E-state index < -0.39 is 28.6 Å². The number of nitrogens with two attached hydrogens (primary N) is 1. The van der Waals surface area contributed by atoms with Crippen LogP contribution < -0.4 is 5.73 Å². The highest BCUT2D eigenvalue weighted by atomic mass is 19.1. The topological polar surface area (TPSA) is 56.7 Å². The largest absolute Gasteiger partial charge is 0.381 e.